The van der Waals surface area contributed by atoms with E-state index in [-0.39, 0.29) is 18.3 Å². The Labute approximate surface area is 158 Å². The van der Waals surface area contributed by atoms with Crippen LogP contribution in [0.3, 0.4) is 0 Å². The lowest BCUT2D eigenvalue weighted by molar-refractivity contribution is 0.280. The molecule has 0 radical (unpaired) electrons. The molecule has 3 aromatic rings. The molecule has 0 amide bonds. The highest BCUT2D eigenvalue weighted by Gasteiger charge is 2.18. The van der Waals surface area contributed by atoms with Gasteiger partial charge in [-0.3, -0.25) is 4.98 Å². The zero-order valence-corrected chi connectivity index (χ0v) is 16.1. The van der Waals surface area contributed by atoms with Gasteiger partial charge in [0.15, 0.2) is 0 Å². The molecule has 1 unspecified atom stereocenters. The largest absolute Gasteiger partial charge is 0.392 e. The number of aliphatic hydroxyl groups is 1. The first kappa shape index (κ1) is 17.5. The van der Waals surface area contributed by atoms with E-state index < -0.39 is 0 Å². The van der Waals surface area contributed by atoms with Crippen LogP contribution in [0.5, 0.6) is 0 Å². The minimum atomic E-state index is -0.266. The second kappa shape index (κ2) is 7.72. The topological polar surface area (TPSA) is 33.1 Å². The third-order valence-electron chi connectivity index (χ3n) is 3.94. The summed E-state index contributed by atoms with van der Waals surface area (Å²) in [7, 11) is 0. The molecule has 0 spiro atoms. The molecule has 0 fully saturated rings. The number of benzene rings is 1. The molecule has 1 aromatic carbocycles. The summed E-state index contributed by atoms with van der Waals surface area (Å²) in [5, 5.41) is 12.0. The number of aliphatic hydroxyl groups excluding tert-OH is 1. The fourth-order valence-corrected chi connectivity index (χ4v) is 3.78. The molecule has 124 valence electrons. The number of aromatic nitrogens is 1. The van der Waals surface area contributed by atoms with E-state index in [1.54, 1.807) is 23.5 Å². The van der Waals surface area contributed by atoms with Crippen molar-refractivity contribution < 1.29 is 9.50 Å². The number of alkyl halides is 1. The third-order valence-corrected chi connectivity index (χ3v) is 6.16. The second-order valence-electron chi connectivity index (χ2n) is 5.62. The molecule has 2 heterocycles. The maximum Gasteiger partial charge on any atom is 0.123 e. The van der Waals surface area contributed by atoms with Gasteiger partial charge in [0, 0.05) is 15.9 Å². The number of hydrogen-bond acceptors (Lipinski definition) is 3. The van der Waals surface area contributed by atoms with Gasteiger partial charge in [-0.05, 0) is 40.8 Å². The van der Waals surface area contributed by atoms with E-state index >= 15 is 0 Å². The van der Waals surface area contributed by atoms with Gasteiger partial charge in [-0.15, -0.1) is 11.3 Å². The van der Waals surface area contributed by atoms with Gasteiger partial charge < -0.3 is 5.11 Å². The molecule has 1 N–H and O–H groups in total. The van der Waals surface area contributed by atoms with E-state index in [1.165, 1.54) is 12.1 Å². The van der Waals surface area contributed by atoms with Gasteiger partial charge in [-0.2, -0.15) is 0 Å². The van der Waals surface area contributed by atoms with Crippen molar-refractivity contribution in [1.82, 2.24) is 4.98 Å². The first-order valence-corrected chi connectivity index (χ1v) is 10.0. The zero-order chi connectivity index (χ0) is 17.1. The number of hydrogen-bond donors (Lipinski definition) is 1. The Hall–Kier alpha value is -1.31. The van der Waals surface area contributed by atoms with Crippen LogP contribution >= 0.6 is 33.9 Å². The highest BCUT2D eigenvalue weighted by molar-refractivity contribution is 14.1. The standard InChI is InChI=1S/C19H17FINOS/c1-12(10-21)19-16(11-23)15(13-4-6-14(20)7-5-13)9-17(22-19)18-3-2-8-24-18/h2-9,12,23H,10-11H2,1H3. The van der Waals surface area contributed by atoms with E-state index in [0.29, 0.717) is 0 Å². The van der Waals surface area contributed by atoms with Crippen LogP contribution in [-0.4, -0.2) is 14.5 Å². The molecule has 0 saturated heterocycles. The van der Waals surface area contributed by atoms with Gasteiger partial charge in [0.1, 0.15) is 5.82 Å². The van der Waals surface area contributed by atoms with Gasteiger partial charge in [0.05, 0.1) is 22.9 Å². The van der Waals surface area contributed by atoms with E-state index in [4.69, 9.17) is 4.98 Å². The molecule has 2 nitrogen and oxygen atoms in total. The summed E-state index contributed by atoms with van der Waals surface area (Å²) in [6, 6.07) is 12.4. The van der Waals surface area contributed by atoms with Crippen LogP contribution in [0, 0.1) is 5.82 Å². The molecule has 2 aromatic heterocycles. The van der Waals surface area contributed by atoms with Crippen LogP contribution in [0.2, 0.25) is 0 Å². The van der Waals surface area contributed by atoms with Crippen LogP contribution in [0.1, 0.15) is 24.1 Å². The molecular weight excluding hydrogens is 436 g/mol. The smallest absolute Gasteiger partial charge is 0.123 e. The van der Waals surface area contributed by atoms with Crippen LogP contribution < -0.4 is 0 Å². The number of halogens is 2. The van der Waals surface area contributed by atoms with Crippen molar-refractivity contribution in [3.05, 3.63) is 64.9 Å². The van der Waals surface area contributed by atoms with Crippen LogP contribution in [0.15, 0.2) is 47.8 Å². The predicted molar refractivity (Wildman–Crippen MR) is 106 cm³/mol. The summed E-state index contributed by atoms with van der Waals surface area (Å²) in [6.45, 7) is 2.03. The predicted octanol–water partition coefficient (Wildman–Crippen LogP) is 5.65. The number of rotatable bonds is 5. The molecule has 5 heteroatoms. The Morgan fingerprint density at radius 1 is 1.25 bits per heavy atom. The van der Waals surface area contributed by atoms with Crippen molar-refractivity contribution in [2.24, 2.45) is 0 Å². The molecule has 1 atom stereocenters. The van der Waals surface area contributed by atoms with Crippen LogP contribution in [0.4, 0.5) is 4.39 Å². The van der Waals surface area contributed by atoms with Gasteiger partial charge in [0.25, 0.3) is 0 Å². The molecule has 0 aliphatic carbocycles. The second-order valence-corrected chi connectivity index (χ2v) is 7.44. The summed E-state index contributed by atoms with van der Waals surface area (Å²) in [5.41, 5.74) is 4.45. The fraction of sp³-hybridized carbons (Fsp3) is 0.211. The van der Waals surface area contributed by atoms with Gasteiger partial charge >= 0.3 is 0 Å². The van der Waals surface area contributed by atoms with E-state index in [2.05, 4.69) is 29.5 Å². The Morgan fingerprint density at radius 2 is 2.00 bits per heavy atom. The number of pyridine rings is 1. The van der Waals surface area contributed by atoms with Crippen molar-refractivity contribution in [3.8, 4) is 21.7 Å². The summed E-state index contributed by atoms with van der Waals surface area (Å²) >= 11 is 3.97. The number of nitrogens with zero attached hydrogens (tertiary/aromatic N) is 1. The molecule has 0 aliphatic rings. The third kappa shape index (κ3) is 3.53. The highest BCUT2D eigenvalue weighted by Crippen LogP contribution is 2.35. The average molecular weight is 453 g/mol. The van der Waals surface area contributed by atoms with E-state index in [9.17, 15) is 9.50 Å². The summed E-state index contributed by atoms with van der Waals surface area (Å²) in [5.74, 6) is -0.0375. The lowest BCUT2D eigenvalue weighted by Gasteiger charge is -2.18. The Kier molecular flexibility index (Phi) is 5.63. The average Bonchev–Trinajstić information content (AvgIpc) is 3.15. The molecule has 3 rings (SSSR count). The maximum absolute atomic E-state index is 13.3. The normalized spacial score (nSPS) is 12.3. The van der Waals surface area contributed by atoms with Crippen molar-refractivity contribution in [3.63, 3.8) is 0 Å². The summed E-state index contributed by atoms with van der Waals surface area (Å²) in [6.07, 6.45) is 0. The van der Waals surface area contributed by atoms with Crippen LogP contribution in [0.25, 0.3) is 21.7 Å². The first-order chi connectivity index (χ1) is 11.6. The van der Waals surface area contributed by atoms with Crippen molar-refractivity contribution >= 4 is 33.9 Å². The van der Waals surface area contributed by atoms with Crippen molar-refractivity contribution in [2.45, 2.75) is 19.4 Å². The van der Waals surface area contributed by atoms with Gasteiger partial charge in [0.2, 0.25) is 0 Å². The van der Waals surface area contributed by atoms with E-state index in [1.807, 2.05) is 23.6 Å². The SMILES string of the molecule is CC(CI)c1nc(-c2cccs2)cc(-c2ccc(F)cc2)c1CO. The Morgan fingerprint density at radius 3 is 2.58 bits per heavy atom. The monoisotopic (exact) mass is 453 g/mol. The molecule has 0 bridgehead atoms. The molecule has 0 aliphatic heterocycles. The molecule has 24 heavy (non-hydrogen) atoms. The zero-order valence-electron chi connectivity index (χ0n) is 13.2. The number of thiophene rings is 1. The minimum Gasteiger partial charge on any atom is -0.392 e. The molecular formula is C19H17FINOS. The highest BCUT2D eigenvalue weighted by atomic mass is 127. The summed E-state index contributed by atoms with van der Waals surface area (Å²) < 4.78 is 14.2. The molecule has 0 saturated carbocycles. The van der Waals surface area contributed by atoms with Crippen LogP contribution in [-0.2, 0) is 6.61 Å². The van der Waals surface area contributed by atoms with E-state index in [0.717, 1.165) is 37.4 Å². The fourth-order valence-electron chi connectivity index (χ4n) is 2.68. The van der Waals surface area contributed by atoms with Gasteiger partial charge in [-0.1, -0.05) is 47.7 Å². The van der Waals surface area contributed by atoms with Crippen molar-refractivity contribution in [2.75, 3.05) is 4.43 Å². The lowest BCUT2D eigenvalue weighted by Crippen LogP contribution is -2.07. The Bertz CT molecular complexity index is 818. The quantitative estimate of drug-likeness (QED) is 0.400. The first-order valence-electron chi connectivity index (χ1n) is 7.64. The summed E-state index contributed by atoms with van der Waals surface area (Å²) in [4.78, 5) is 5.92. The van der Waals surface area contributed by atoms with Crippen molar-refractivity contribution in [1.29, 1.82) is 0 Å². The maximum atomic E-state index is 13.3. The van der Waals surface area contributed by atoms with Gasteiger partial charge in [-0.25, -0.2) is 4.39 Å². The Balaban J connectivity index is 2.25. The minimum absolute atomic E-state index is 0.0826. The lowest BCUT2D eigenvalue weighted by atomic mass is 9.94.